The molecule has 29 heavy (non-hydrogen) atoms. The fourth-order valence-corrected chi connectivity index (χ4v) is 2.76. The summed E-state index contributed by atoms with van der Waals surface area (Å²) in [5.74, 6) is -0.0247. The van der Waals surface area contributed by atoms with E-state index in [1.54, 1.807) is 25.4 Å². The summed E-state index contributed by atoms with van der Waals surface area (Å²) in [6, 6.07) is 3.41. The Morgan fingerprint density at radius 2 is 2.07 bits per heavy atom. The van der Waals surface area contributed by atoms with Gasteiger partial charge in [-0.3, -0.25) is 0 Å². The van der Waals surface area contributed by atoms with Gasteiger partial charge in [-0.15, -0.1) is 0 Å². The van der Waals surface area contributed by atoms with Crippen molar-refractivity contribution in [3.8, 4) is 11.7 Å². The summed E-state index contributed by atoms with van der Waals surface area (Å²) in [7, 11) is 2.84. The molecule has 10 nitrogen and oxygen atoms in total. The summed E-state index contributed by atoms with van der Waals surface area (Å²) >= 11 is 6.21. The first-order valence-corrected chi connectivity index (χ1v) is 9.07. The fraction of sp³-hybridized carbons (Fsp3) is 0.389. The van der Waals surface area contributed by atoms with Crippen LogP contribution in [0.25, 0.3) is 16.9 Å². The van der Waals surface area contributed by atoms with Crippen LogP contribution in [-0.4, -0.2) is 70.3 Å². The molecule has 0 aliphatic rings. The van der Waals surface area contributed by atoms with E-state index in [-0.39, 0.29) is 18.6 Å². The Morgan fingerprint density at radius 3 is 2.79 bits per heavy atom. The molecule has 0 aliphatic carbocycles. The second-order valence-corrected chi connectivity index (χ2v) is 6.42. The molecule has 0 bridgehead atoms. The van der Waals surface area contributed by atoms with E-state index in [0.717, 1.165) is 0 Å². The van der Waals surface area contributed by atoms with Crippen molar-refractivity contribution in [3.05, 3.63) is 35.9 Å². The van der Waals surface area contributed by atoms with E-state index in [2.05, 4.69) is 20.1 Å². The average Bonchev–Trinajstić information content (AvgIpc) is 3.16. The van der Waals surface area contributed by atoms with Gasteiger partial charge >= 0.3 is 5.97 Å². The van der Waals surface area contributed by atoms with Crippen molar-refractivity contribution in [2.24, 2.45) is 0 Å². The third-order valence-corrected chi connectivity index (χ3v) is 4.22. The summed E-state index contributed by atoms with van der Waals surface area (Å²) in [4.78, 5) is 24.7. The number of rotatable bonds is 9. The molecule has 0 aromatic carbocycles. The topological polar surface area (TPSA) is 110 Å². The zero-order valence-corrected chi connectivity index (χ0v) is 16.9. The Balaban J connectivity index is 1.88. The maximum atomic E-state index is 12.1. The van der Waals surface area contributed by atoms with E-state index in [9.17, 15) is 4.79 Å². The SMILES string of the molecule is COC[C@@H](C)OC[C@H](Oc1ncnc2c1cnn2-c1ncccc1Cl)C(=O)OC. The van der Waals surface area contributed by atoms with Crippen molar-refractivity contribution >= 4 is 28.6 Å². The first-order valence-electron chi connectivity index (χ1n) is 8.69. The molecule has 0 fully saturated rings. The van der Waals surface area contributed by atoms with Crippen LogP contribution in [-0.2, 0) is 19.0 Å². The van der Waals surface area contributed by atoms with Crippen LogP contribution in [0.1, 0.15) is 6.92 Å². The lowest BCUT2D eigenvalue weighted by Gasteiger charge is -2.19. The van der Waals surface area contributed by atoms with E-state index >= 15 is 0 Å². The van der Waals surface area contributed by atoms with Crippen molar-refractivity contribution in [2.45, 2.75) is 19.1 Å². The monoisotopic (exact) mass is 421 g/mol. The average molecular weight is 422 g/mol. The number of hydrogen-bond acceptors (Lipinski definition) is 9. The molecule has 0 unspecified atom stereocenters. The first-order chi connectivity index (χ1) is 14.0. The molecule has 0 amide bonds. The number of halogens is 1. The second kappa shape index (κ2) is 9.59. The number of fused-ring (bicyclic) bond motifs is 1. The highest BCUT2D eigenvalue weighted by Crippen LogP contribution is 2.26. The summed E-state index contributed by atoms with van der Waals surface area (Å²) in [5, 5.41) is 5.17. The van der Waals surface area contributed by atoms with Gasteiger partial charge in [-0.05, 0) is 19.1 Å². The van der Waals surface area contributed by atoms with Crippen LogP contribution < -0.4 is 4.74 Å². The third-order valence-electron chi connectivity index (χ3n) is 3.92. The largest absolute Gasteiger partial charge is 0.466 e. The molecule has 0 radical (unpaired) electrons. The quantitative estimate of drug-likeness (QED) is 0.477. The van der Waals surface area contributed by atoms with Crippen LogP contribution in [0.15, 0.2) is 30.9 Å². The molecule has 0 aliphatic heterocycles. The van der Waals surface area contributed by atoms with Gasteiger partial charge < -0.3 is 18.9 Å². The zero-order valence-electron chi connectivity index (χ0n) is 16.1. The normalized spacial score (nSPS) is 13.2. The Kier molecular flexibility index (Phi) is 6.91. The minimum absolute atomic E-state index is 0.0388. The number of carbonyl (C=O) groups is 1. The van der Waals surface area contributed by atoms with Gasteiger partial charge in [-0.2, -0.15) is 9.78 Å². The molecule has 2 atom stereocenters. The molecule has 0 spiro atoms. The molecular weight excluding hydrogens is 402 g/mol. The highest BCUT2D eigenvalue weighted by Gasteiger charge is 2.25. The number of ether oxygens (including phenoxy) is 4. The van der Waals surface area contributed by atoms with Crippen LogP contribution in [0.2, 0.25) is 5.02 Å². The molecule has 0 N–H and O–H groups in total. The molecule has 3 rings (SSSR count). The Bertz CT molecular complexity index is 982. The van der Waals surface area contributed by atoms with Gasteiger partial charge in [-0.1, -0.05) is 11.6 Å². The summed E-state index contributed by atoms with van der Waals surface area (Å²) in [5.41, 5.74) is 0.424. The lowest BCUT2D eigenvalue weighted by Crippen LogP contribution is -2.35. The lowest BCUT2D eigenvalue weighted by molar-refractivity contribution is -0.153. The molecule has 154 valence electrons. The van der Waals surface area contributed by atoms with Crippen LogP contribution in [0.4, 0.5) is 0 Å². The van der Waals surface area contributed by atoms with Crippen LogP contribution in [0.3, 0.4) is 0 Å². The van der Waals surface area contributed by atoms with Crippen molar-refractivity contribution in [1.82, 2.24) is 24.7 Å². The van der Waals surface area contributed by atoms with E-state index in [1.165, 1.54) is 24.3 Å². The minimum atomic E-state index is -1.03. The van der Waals surface area contributed by atoms with Gasteiger partial charge in [0.2, 0.25) is 12.0 Å². The second-order valence-electron chi connectivity index (χ2n) is 6.01. The molecule has 11 heteroatoms. The summed E-state index contributed by atoms with van der Waals surface area (Å²) < 4.78 is 22.7. The van der Waals surface area contributed by atoms with E-state index < -0.39 is 12.1 Å². The lowest BCUT2D eigenvalue weighted by atomic mass is 10.3. The predicted molar refractivity (Wildman–Crippen MR) is 103 cm³/mol. The Morgan fingerprint density at radius 1 is 1.24 bits per heavy atom. The molecule has 3 heterocycles. The van der Waals surface area contributed by atoms with Crippen LogP contribution in [0.5, 0.6) is 5.88 Å². The molecule has 3 aromatic heterocycles. The maximum absolute atomic E-state index is 12.1. The Hall–Kier alpha value is -2.82. The number of hydrogen-bond donors (Lipinski definition) is 0. The van der Waals surface area contributed by atoms with E-state index in [0.29, 0.717) is 28.5 Å². The van der Waals surface area contributed by atoms with Gasteiger partial charge in [0, 0.05) is 13.3 Å². The summed E-state index contributed by atoms with van der Waals surface area (Å²) in [6.07, 6.45) is 3.15. The fourth-order valence-electron chi connectivity index (χ4n) is 2.56. The Labute approximate surface area is 171 Å². The van der Waals surface area contributed by atoms with Crippen molar-refractivity contribution in [3.63, 3.8) is 0 Å². The predicted octanol–water partition coefficient (Wildman–Crippen LogP) is 1.84. The van der Waals surface area contributed by atoms with Gasteiger partial charge in [0.25, 0.3) is 0 Å². The molecule has 0 saturated carbocycles. The van der Waals surface area contributed by atoms with Crippen molar-refractivity contribution in [2.75, 3.05) is 27.4 Å². The number of aromatic nitrogens is 5. The number of methoxy groups -OCH3 is 2. The van der Waals surface area contributed by atoms with Crippen LogP contribution in [0, 0.1) is 0 Å². The molecule has 3 aromatic rings. The molecule has 0 saturated heterocycles. The van der Waals surface area contributed by atoms with Gasteiger partial charge in [-0.25, -0.2) is 19.7 Å². The van der Waals surface area contributed by atoms with Crippen LogP contribution >= 0.6 is 11.6 Å². The number of carbonyl (C=O) groups excluding carboxylic acids is 1. The van der Waals surface area contributed by atoms with Gasteiger partial charge in [0.1, 0.15) is 11.7 Å². The summed E-state index contributed by atoms with van der Waals surface area (Å²) in [6.45, 7) is 2.16. The van der Waals surface area contributed by atoms with E-state index in [4.69, 9.17) is 30.5 Å². The number of nitrogens with zero attached hydrogens (tertiary/aromatic N) is 5. The van der Waals surface area contributed by atoms with Crippen molar-refractivity contribution < 1.29 is 23.7 Å². The van der Waals surface area contributed by atoms with Crippen molar-refractivity contribution in [1.29, 1.82) is 0 Å². The van der Waals surface area contributed by atoms with Gasteiger partial charge in [0.05, 0.1) is 37.6 Å². The van der Waals surface area contributed by atoms with E-state index in [1.807, 2.05) is 6.92 Å². The highest BCUT2D eigenvalue weighted by atomic mass is 35.5. The maximum Gasteiger partial charge on any atom is 0.349 e. The molecular formula is C18H20ClN5O5. The highest BCUT2D eigenvalue weighted by molar-refractivity contribution is 6.32. The number of pyridine rings is 1. The number of esters is 1. The zero-order chi connectivity index (χ0) is 20.8. The minimum Gasteiger partial charge on any atom is -0.466 e. The third kappa shape index (κ3) is 4.78. The van der Waals surface area contributed by atoms with Gasteiger partial charge in [0.15, 0.2) is 11.5 Å². The smallest absolute Gasteiger partial charge is 0.349 e. The first kappa shape index (κ1) is 20.9. The standard InChI is InChI=1S/C18H20ClN5O5/c1-11(8-26-2)28-9-14(18(25)27-3)29-17-12-7-23-24(15(12)21-10-22-17)16-13(19)5-4-6-20-16/h4-7,10-11,14H,8-9H2,1-3H3/t11-,14+/m1/s1.